The van der Waals surface area contributed by atoms with Crippen molar-refractivity contribution in [1.82, 2.24) is 0 Å². The molecule has 2 nitrogen and oxygen atoms in total. The lowest BCUT2D eigenvalue weighted by Crippen LogP contribution is -2.30. The monoisotopic (exact) mass is 213 g/mol. The number of halogens is 2. The second-order valence-electron chi connectivity index (χ2n) is 3.09. The van der Waals surface area contributed by atoms with Crippen molar-refractivity contribution in [2.24, 2.45) is 0 Å². The molecule has 0 fully saturated rings. The van der Waals surface area contributed by atoms with Crippen LogP contribution in [0.15, 0.2) is 18.2 Å². The maximum atomic E-state index is 13.4. The normalized spacial score (nSPS) is 10.1. The summed E-state index contributed by atoms with van der Waals surface area (Å²) < 4.78 is 26.0. The minimum absolute atomic E-state index is 0.130. The fourth-order valence-electron chi connectivity index (χ4n) is 1.37. The topological polar surface area (TPSA) is 20.3 Å². The average Bonchev–Trinajstić information content (AvgIpc) is 2.21. The number of amides is 1. The Labute approximate surface area is 87.5 Å². The van der Waals surface area contributed by atoms with Gasteiger partial charge in [-0.1, -0.05) is 6.92 Å². The summed E-state index contributed by atoms with van der Waals surface area (Å²) in [6.45, 7) is 3.82. The number of hydrogen-bond acceptors (Lipinski definition) is 1. The van der Waals surface area contributed by atoms with Gasteiger partial charge in [0.25, 0.3) is 0 Å². The van der Waals surface area contributed by atoms with E-state index in [4.69, 9.17) is 0 Å². The van der Waals surface area contributed by atoms with E-state index in [9.17, 15) is 13.6 Å². The number of benzene rings is 1. The zero-order chi connectivity index (χ0) is 11.4. The highest BCUT2D eigenvalue weighted by Gasteiger charge is 2.15. The van der Waals surface area contributed by atoms with Crippen molar-refractivity contribution in [3.05, 3.63) is 29.8 Å². The first kappa shape index (κ1) is 11.6. The molecular formula is C11H13F2NO. The SMILES string of the molecule is CCC(=O)N(CC)c1ccc(F)cc1F. The van der Waals surface area contributed by atoms with E-state index in [0.717, 1.165) is 12.1 Å². The minimum atomic E-state index is -0.710. The smallest absolute Gasteiger partial charge is 0.226 e. The van der Waals surface area contributed by atoms with Gasteiger partial charge in [-0.2, -0.15) is 0 Å². The molecule has 0 aliphatic heterocycles. The molecule has 0 radical (unpaired) electrons. The molecule has 0 atom stereocenters. The van der Waals surface area contributed by atoms with Crippen LogP contribution >= 0.6 is 0 Å². The van der Waals surface area contributed by atoms with Gasteiger partial charge in [-0.25, -0.2) is 8.78 Å². The van der Waals surface area contributed by atoms with Crippen LogP contribution in [0.1, 0.15) is 20.3 Å². The molecule has 0 saturated carbocycles. The van der Waals surface area contributed by atoms with Gasteiger partial charge < -0.3 is 4.90 Å². The predicted molar refractivity (Wildman–Crippen MR) is 54.7 cm³/mol. The van der Waals surface area contributed by atoms with Crippen LogP contribution in [0, 0.1) is 11.6 Å². The fourth-order valence-corrected chi connectivity index (χ4v) is 1.37. The second-order valence-corrected chi connectivity index (χ2v) is 3.09. The van der Waals surface area contributed by atoms with Crippen LogP contribution in [0.25, 0.3) is 0 Å². The highest BCUT2D eigenvalue weighted by Crippen LogP contribution is 2.20. The molecule has 0 unspecified atom stereocenters. The number of carbonyl (C=O) groups is 1. The number of anilines is 1. The van der Waals surface area contributed by atoms with Crippen molar-refractivity contribution in [1.29, 1.82) is 0 Å². The molecule has 0 spiro atoms. The van der Waals surface area contributed by atoms with Crippen LogP contribution in [-0.4, -0.2) is 12.5 Å². The van der Waals surface area contributed by atoms with Gasteiger partial charge in [0, 0.05) is 19.0 Å². The molecule has 0 saturated heterocycles. The van der Waals surface area contributed by atoms with Gasteiger partial charge in [0.1, 0.15) is 11.6 Å². The van der Waals surface area contributed by atoms with E-state index >= 15 is 0 Å². The molecule has 1 amide bonds. The third-order valence-corrected chi connectivity index (χ3v) is 2.12. The predicted octanol–water partition coefficient (Wildman–Crippen LogP) is 2.73. The lowest BCUT2D eigenvalue weighted by Gasteiger charge is -2.20. The Bertz CT molecular complexity index is 366. The summed E-state index contributed by atoms with van der Waals surface area (Å²) in [5.41, 5.74) is 0.130. The molecule has 82 valence electrons. The van der Waals surface area contributed by atoms with Crippen molar-refractivity contribution in [3.8, 4) is 0 Å². The Morgan fingerprint density at radius 2 is 2.00 bits per heavy atom. The van der Waals surface area contributed by atoms with Gasteiger partial charge in [-0.05, 0) is 19.1 Å². The quantitative estimate of drug-likeness (QED) is 0.756. The molecule has 4 heteroatoms. The zero-order valence-electron chi connectivity index (χ0n) is 8.76. The van der Waals surface area contributed by atoms with Gasteiger partial charge in [-0.15, -0.1) is 0 Å². The first-order valence-electron chi connectivity index (χ1n) is 4.85. The number of hydrogen-bond donors (Lipinski definition) is 0. The summed E-state index contributed by atoms with van der Waals surface area (Å²) in [5.74, 6) is -1.53. The molecule has 1 rings (SSSR count). The third kappa shape index (κ3) is 2.52. The van der Waals surface area contributed by atoms with Gasteiger partial charge >= 0.3 is 0 Å². The van der Waals surface area contributed by atoms with E-state index in [0.29, 0.717) is 13.0 Å². The highest BCUT2D eigenvalue weighted by molar-refractivity contribution is 5.93. The molecule has 0 bridgehead atoms. The standard InChI is InChI=1S/C11H13F2NO/c1-3-11(15)14(4-2)10-6-5-8(12)7-9(10)13/h5-7H,3-4H2,1-2H3. The Hall–Kier alpha value is -1.45. The van der Waals surface area contributed by atoms with Crippen LogP contribution in [0.2, 0.25) is 0 Å². The molecule has 0 aromatic heterocycles. The summed E-state index contributed by atoms with van der Waals surface area (Å²) in [7, 11) is 0. The molecule has 15 heavy (non-hydrogen) atoms. The van der Waals surface area contributed by atoms with Gasteiger partial charge in [-0.3, -0.25) is 4.79 Å². The number of carbonyl (C=O) groups excluding carboxylic acids is 1. The van der Waals surface area contributed by atoms with E-state index in [1.54, 1.807) is 13.8 Å². The van der Waals surface area contributed by atoms with Crippen molar-refractivity contribution in [3.63, 3.8) is 0 Å². The van der Waals surface area contributed by atoms with Gasteiger partial charge in [0.2, 0.25) is 5.91 Å². The van der Waals surface area contributed by atoms with E-state index in [1.165, 1.54) is 11.0 Å². The second kappa shape index (κ2) is 4.87. The maximum Gasteiger partial charge on any atom is 0.226 e. The highest BCUT2D eigenvalue weighted by atomic mass is 19.1. The molecule has 0 N–H and O–H groups in total. The van der Waals surface area contributed by atoms with Crippen LogP contribution < -0.4 is 4.90 Å². The van der Waals surface area contributed by atoms with Gasteiger partial charge in [0.05, 0.1) is 5.69 Å². The molecule has 0 aliphatic carbocycles. The first-order chi connectivity index (χ1) is 7.10. The van der Waals surface area contributed by atoms with E-state index in [-0.39, 0.29) is 11.6 Å². The minimum Gasteiger partial charge on any atom is -0.310 e. The lowest BCUT2D eigenvalue weighted by molar-refractivity contribution is -0.118. The van der Waals surface area contributed by atoms with Crippen LogP contribution in [0.3, 0.4) is 0 Å². The largest absolute Gasteiger partial charge is 0.310 e. The van der Waals surface area contributed by atoms with E-state index in [1.807, 2.05) is 0 Å². The third-order valence-electron chi connectivity index (χ3n) is 2.12. The summed E-state index contributed by atoms with van der Waals surface area (Å²) in [4.78, 5) is 12.7. The lowest BCUT2D eigenvalue weighted by atomic mass is 10.2. The number of nitrogens with zero attached hydrogens (tertiary/aromatic N) is 1. The summed E-state index contributed by atoms with van der Waals surface area (Å²) in [6, 6.07) is 3.20. The average molecular weight is 213 g/mol. The summed E-state index contributed by atoms with van der Waals surface area (Å²) in [6.07, 6.45) is 0.296. The Morgan fingerprint density at radius 1 is 1.33 bits per heavy atom. The first-order valence-corrected chi connectivity index (χ1v) is 4.85. The Morgan fingerprint density at radius 3 is 2.47 bits per heavy atom. The fraction of sp³-hybridized carbons (Fsp3) is 0.364. The maximum absolute atomic E-state index is 13.4. The van der Waals surface area contributed by atoms with Crippen molar-refractivity contribution < 1.29 is 13.6 Å². The van der Waals surface area contributed by atoms with Gasteiger partial charge in [0.15, 0.2) is 0 Å². The molecule has 1 aromatic rings. The Kier molecular flexibility index (Phi) is 3.77. The van der Waals surface area contributed by atoms with E-state index in [2.05, 4.69) is 0 Å². The number of rotatable bonds is 3. The summed E-state index contributed by atoms with van der Waals surface area (Å²) >= 11 is 0. The van der Waals surface area contributed by atoms with Crippen molar-refractivity contribution in [2.75, 3.05) is 11.4 Å². The molecular weight excluding hydrogens is 200 g/mol. The molecule has 0 heterocycles. The zero-order valence-corrected chi connectivity index (χ0v) is 8.76. The van der Waals surface area contributed by atoms with Crippen molar-refractivity contribution in [2.45, 2.75) is 20.3 Å². The van der Waals surface area contributed by atoms with E-state index < -0.39 is 11.6 Å². The molecule has 0 aliphatic rings. The van der Waals surface area contributed by atoms with Crippen LogP contribution in [-0.2, 0) is 4.79 Å². The Balaban J connectivity index is 3.07. The van der Waals surface area contributed by atoms with Crippen molar-refractivity contribution >= 4 is 11.6 Å². The van der Waals surface area contributed by atoms with Crippen LogP contribution in [0.4, 0.5) is 14.5 Å². The van der Waals surface area contributed by atoms with Crippen LogP contribution in [0.5, 0.6) is 0 Å². The molecule has 1 aromatic carbocycles. The summed E-state index contributed by atoms with van der Waals surface area (Å²) in [5, 5.41) is 0.